The number of hydrogen-bond donors (Lipinski definition) is 0. The third-order valence-electron chi connectivity index (χ3n) is 3.93. The van der Waals surface area contributed by atoms with E-state index in [1.807, 2.05) is 26.0 Å². The van der Waals surface area contributed by atoms with E-state index < -0.39 is 24.1 Å². The molecular weight excluding hydrogens is 316 g/mol. The number of rotatable bonds is 8. The van der Waals surface area contributed by atoms with Crippen LogP contribution in [0.25, 0.3) is 0 Å². The first kappa shape index (κ1) is 18.7. The Labute approximate surface area is 148 Å². The molecule has 0 saturated carbocycles. The molecule has 132 valence electrons. The van der Waals surface area contributed by atoms with Crippen LogP contribution in [0.1, 0.15) is 53.8 Å². The molecule has 0 spiro atoms. The Hall–Kier alpha value is -2.62. The highest BCUT2D eigenvalue weighted by Gasteiger charge is 2.27. The van der Waals surface area contributed by atoms with Crippen molar-refractivity contribution in [3.63, 3.8) is 0 Å². The van der Waals surface area contributed by atoms with Gasteiger partial charge in [0.2, 0.25) is 0 Å². The van der Waals surface area contributed by atoms with Crippen molar-refractivity contribution in [2.45, 2.75) is 45.3 Å². The highest BCUT2D eigenvalue weighted by atomic mass is 16.6. The molecule has 2 atom stereocenters. The van der Waals surface area contributed by atoms with E-state index in [0.29, 0.717) is 24.0 Å². The van der Waals surface area contributed by atoms with Gasteiger partial charge in [0.25, 0.3) is 0 Å². The maximum Gasteiger partial charge on any atom is 0.338 e. The molecule has 0 amide bonds. The SMILES string of the molecule is CCCC(OC(=O)c1ccccc1)C(CC)OC(=O)c1ccccc1. The molecule has 0 fully saturated rings. The molecule has 2 rings (SSSR count). The number of carbonyl (C=O) groups is 2. The van der Waals surface area contributed by atoms with Crippen LogP contribution >= 0.6 is 0 Å². The lowest BCUT2D eigenvalue weighted by molar-refractivity contribution is -0.0397. The van der Waals surface area contributed by atoms with Crippen molar-refractivity contribution in [3.8, 4) is 0 Å². The van der Waals surface area contributed by atoms with Crippen LogP contribution in [-0.2, 0) is 9.47 Å². The number of carbonyl (C=O) groups excluding carboxylic acids is 2. The van der Waals surface area contributed by atoms with E-state index in [1.165, 1.54) is 0 Å². The maximum absolute atomic E-state index is 12.3. The Balaban J connectivity index is 2.07. The van der Waals surface area contributed by atoms with E-state index >= 15 is 0 Å². The Morgan fingerprint density at radius 2 is 1.20 bits per heavy atom. The van der Waals surface area contributed by atoms with E-state index in [4.69, 9.17) is 9.47 Å². The van der Waals surface area contributed by atoms with Crippen molar-refractivity contribution in [1.82, 2.24) is 0 Å². The van der Waals surface area contributed by atoms with Gasteiger partial charge in [-0.2, -0.15) is 0 Å². The van der Waals surface area contributed by atoms with Crippen LogP contribution in [0, 0.1) is 0 Å². The van der Waals surface area contributed by atoms with Gasteiger partial charge in [0.05, 0.1) is 11.1 Å². The van der Waals surface area contributed by atoms with Crippen molar-refractivity contribution < 1.29 is 19.1 Å². The maximum atomic E-state index is 12.3. The molecular formula is C21H24O4. The Morgan fingerprint density at radius 1 is 0.760 bits per heavy atom. The zero-order valence-corrected chi connectivity index (χ0v) is 14.7. The number of esters is 2. The monoisotopic (exact) mass is 340 g/mol. The zero-order valence-electron chi connectivity index (χ0n) is 14.7. The second-order valence-electron chi connectivity index (χ2n) is 5.82. The van der Waals surface area contributed by atoms with Gasteiger partial charge in [0.1, 0.15) is 12.2 Å². The predicted octanol–water partition coefficient (Wildman–Crippen LogP) is 4.65. The summed E-state index contributed by atoms with van der Waals surface area (Å²) in [6.07, 6.45) is 1.10. The Morgan fingerprint density at radius 3 is 1.60 bits per heavy atom. The molecule has 2 aromatic carbocycles. The molecule has 0 aliphatic carbocycles. The first-order valence-electron chi connectivity index (χ1n) is 8.67. The van der Waals surface area contributed by atoms with E-state index in [9.17, 15) is 9.59 Å². The number of benzene rings is 2. The summed E-state index contributed by atoms with van der Waals surface area (Å²) in [6.45, 7) is 3.93. The highest BCUT2D eigenvalue weighted by molar-refractivity contribution is 5.90. The average molecular weight is 340 g/mol. The summed E-state index contributed by atoms with van der Waals surface area (Å²) in [5.41, 5.74) is 0.985. The fourth-order valence-electron chi connectivity index (χ4n) is 2.59. The molecule has 2 unspecified atom stereocenters. The lowest BCUT2D eigenvalue weighted by atomic mass is 10.1. The largest absolute Gasteiger partial charge is 0.455 e. The minimum atomic E-state index is -0.472. The van der Waals surface area contributed by atoms with Gasteiger partial charge in [0, 0.05) is 0 Å². The van der Waals surface area contributed by atoms with E-state index in [2.05, 4.69) is 0 Å². The molecule has 0 aromatic heterocycles. The number of ether oxygens (including phenoxy) is 2. The lowest BCUT2D eigenvalue weighted by Crippen LogP contribution is -2.35. The fourth-order valence-corrected chi connectivity index (χ4v) is 2.59. The van der Waals surface area contributed by atoms with Crippen LogP contribution in [0.3, 0.4) is 0 Å². The topological polar surface area (TPSA) is 52.6 Å². The molecule has 4 heteroatoms. The Bertz CT molecular complexity index is 667. The first-order valence-corrected chi connectivity index (χ1v) is 8.67. The summed E-state index contributed by atoms with van der Waals surface area (Å²) in [5, 5.41) is 0. The summed E-state index contributed by atoms with van der Waals surface area (Å²) in [5.74, 6) is -0.794. The standard InChI is InChI=1S/C21H24O4/c1-3-11-19(25-21(23)17-14-9-6-10-15-17)18(4-2)24-20(22)16-12-7-5-8-13-16/h5-10,12-15,18-19H,3-4,11H2,1-2H3. The summed E-state index contributed by atoms with van der Waals surface area (Å²) in [4.78, 5) is 24.7. The van der Waals surface area contributed by atoms with Crippen LogP contribution in [0.2, 0.25) is 0 Å². The van der Waals surface area contributed by atoms with Crippen molar-refractivity contribution >= 4 is 11.9 Å². The van der Waals surface area contributed by atoms with E-state index in [-0.39, 0.29) is 0 Å². The second kappa shape index (κ2) is 9.62. The van der Waals surface area contributed by atoms with Crippen LogP contribution in [0.4, 0.5) is 0 Å². The lowest BCUT2D eigenvalue weighted by Gasteiger charge is -2.26. The van der Waals surface area contributed by atoms with Crippen LogP contribution < -0.4 is 0 Å². The van der Waals surface area contributed by atoms with Gasteiger partial charge in [-0.25, -0.2) is 9.59 Å². The Kier molecular flexibility index (Phi) is 7.20. The quantitative estimate of drug-likeness (QED) is 0.657. The molecule has 0 N–H and O–H groups in total. The normalized spacial score (nSPS) is 12.9. The molecule has 0 aliphatic heterocycles. The molecule has 4 nitrogen and oxygen atoms in total. The van der Waals surface area contributed by atoms with Gasteiger partial charge < -0.3 is 9.47 Å². The molecule has 0 radical (unpaired) electrons. The summed E-state index contributed by atoms with van der Waals surface area (Å²) in [6, 6.07) is 17.7. The van der Waals surface area contributed by atoms with Gasteiger partial charge in [-0.1, -0.05) is 56.7 Å². The smallest absolute Gasteiger partial charge is 0.338 e. The number of hydrogen-bond acceptors (Lipinski definition) is 4. The molecule has 0 saturated heterocycles. The average Bonchev–Trinajstić information content (AvgIpc) is 2.67. The van der Waals surface area contributed by atoms with Crippen LogP contribution in [0.5, 0.6) is 0 Å². The molecule has 0 aliphatic rings. The summed E-state index contributed by atoms with van der Waals surface area (Å²) >= 11 is 0. The van der Waals surface area contributed by atoms with Gasteiger partial charge >= 0.3 is 11.9 Å². The molecule has 2 aromatic rings. The van der Waals surface area contributed by atoms with E-state index in [1.54, 1.807) is 48.5 Å². The molecule has 25 heavy (non-hydrogen) atoms. The molecule has 0 heterocycles. The van der Waals surface area contributed by atoms with Crippen molar-refractivity contribution in [1.29, 1.82) is 0 Å². The van der Waals surface area contributed by atoms with Crippen LogP contribution in [0.15, 0.2) is 60.7 Å². The van der Waals surface area contributed by atoms with Gasteiger partial charge in [0.15, 0.2) is 0 Å². The van der Waals surface area contributed by atoms with Crippen molar-refractivity contribution in [3.05, 3.63) is 71.8 Å². The third kappa shape index (κ3) is 5.45. The summed E-state index contributed by atoms with van der Waals surface area (Å²) < 4.78 is 11.3. The fraction of sp³-hybridized carbons (Fsp3) is 0.333. The summed E-state index contributed by atoms with van der Waals surface area (Å²) in [7, 11) is 0. The molecule has 0 bridgehead atoms. The zero-order chi connectivity index (χ0) is 18.1. The minimum Gasteiger partial charge on any atom is -0.455 e. The van der Waals surface area contributed by atoms with Crippen LogP contribution in [-0.4, -0.2) is 24.1 Å². The predicted molar refractivity (Wildman–Crippen MR) is 96.5 cm³/mol. The van der Waals surface area contributed by atoms with Crippen molar-refractivity contribution in [2.75, 3.05) is 0 Å². The highest BCUT2D eigenvalue weighted by Crippen LogP contribution is 2.18. The van der Waals surface area contributed by atoms with Gasteiger partial charge in [-0.15, -0.1) is 0 Å². The van der Waals surface area contributed by atoms with Gasteiger partial charge in [-0.3, -0.25) is 0 Å². The third-order valence-corrected chi connectivity index (χ3v) is 3.93. The van der Waals surface area contributed by atoms with Crippen molar-refractivity contribution in [2.24, 2.45) is 0 Å². The van der Waals surface area contributed by atoms with Gasteiger partial charge in [-0.05, 0) is 37.1 Å². The van der Waals surface area contributed by atoms with E-state index in [0.717, 1.165) is 6.42 Å². The second-order valence-corrected chi connectivity index (χ2v) is 5.82. The minimum absolute atomic E-state index is 0.395. The first-order chi connectivity index (χ1) is 12.2.